The number of rotatable bonds is 3. The maximum Gasteiger partial charge on any atom is 0.0618 e. The molecular formula is C19H19Cl. The molecule has 3 unspecified atom stereocenters. The molecule has 102 valence electrons. The Bertz CT molecular complexity index is 577. The Balaban J connectivity index is 1.53. The van der Waals surface area contributed by atoms with Crippen molar-refractivity contribution in [3.05, 3.63) is 60.2 Å². The summed E-state index contributed by atoms with van der Waals surface area (Å²) in [7, 11) is 0. The molecular weight excluding hydrogens is 264 g/mol. The molecule has 2 fully saturated rings. The molecule has 0 saturated heterocycles. The van der Waals surface area contributed by atoms with Crippen LogP contribution in [0.3, 0.4) is 0 Å². The molecule has 2 saturated carbocycles. The summed E-state index contributed by atoms with van der Waals surface area (Å²) in [5.41, 5.74) is 3.84. The van der Waals surface area contributed by atoms with Crippen LogP contribution in [0.25, 0.3) is 11.1 Å². The van der Waals surface area contributed by atoms with Crippen molar-refractivity contribution in [1.29, 1.82) is 0 Å². The van der Waals surface area contributed by atoms with Crippen molar-refractivity contribution in [3.63, 3.8) is 0 Å². The third kappa shape index (κ3) is 2.07. The predicted molar refractivity (Wildman–Crippen MR) is 84.8 cm³/mol. The summed E-state index contributed by atoms with van der Waals surface area (Å²) in [6.07, 6.45) is 4.23. The molecule has 0 amide bonds. The van der Waals surface area contributed by atoms with Gasteiger partial charge in [0, 0.05) is 0 Å². The van der Waals surface area contributed by atoms with Crippen molar-refractivity contribution in [3.8, 4) is 11.1 Å². The van der Waals surface area contributed by atoms with Gasteiger partial charge in [0.25, 0.3) is 0 Å². The predicted octanol–water partition coefficient (Wildman–Crippen LogP) is 5.68. The van der Waals surface area contributed by atoms with Crippen LogP contribution in [0, 0.1) is 17.8 Å². The number of fused-ring (bicyclic) bond motifs is 1. The molecule has 20 heavy (non-hydrogen) atoms. The van der Waals surface area contributed by atoms with Crippen LogP contribution >= 0.6 is 11.6 Å². The highest BCUT2D eigenvalue weighted by molar-refractivity contribution is 6.21. The summed E-state index contributed by atoms with van der Waals surface area (Å²) in [6, 6.07) is 19.4. The first kappa shape index (κ1) is 12.5. The van der Waals surface area contributed by atoms with Crippen LogP contribution in [0.4, 0.5) is 0 Å². The van der Waals surface area contributed by atoms with Crippen LogP contribution in [0.5, 0.6) is 0 Å². The fraction of sp³-hybridized carbons (Fsp3) is 0.368. The highest BCUT2D eigenvalue weighted by atomic mass is 35.5. The normalized spacial score (nSPS) is 28.9. The van der Waals surface area contributed by atoms with Gasteiger partial charge >= 0.3 is 0 Å². The highest BCUT2D eigenvalue weighted by Crippen LogP contribution is 2.63. The Kier molecular flexibility index (Phi) is 3.07. The smallest absolute Gasteiger partial charge is 0.0618 e. The minimum atomic E-state index is 0.218. The van der Waals surface area contributed by atoms with Crippen molar-refractivity contribution in [2.24, 2.45) is 17.8 Å². The Labute approximate surface area is 125 Å². The van der Waals surface area contributed by atoms with Crippen LogP contribution < -0.4 is 0 Å². The zero-order valence-electron chi connectivity index (χ0n) is 11.5. The van der Waals surface area contributed by atoms with Crippen molar-refractivity contribution in [1.82, 2.24) is 0 Å². The summed E-state index contributed by atoms with van der Waals surface area (Å²) in [5, 5.41) is 0.218. The third-order valence-electron chi connectivity index (χ3n) is 5.15. The Hall–Kier alpha value is -1.27. The van der Waals surface area contributed by atoms with E-state index in [0.717, 1.165) is 17.8 Å². The molecule has 0 bridgehead atoms. The molecule has 2 aromatic rings. The van der Waals surface area contributed by atoms with E-state index in [0.29, 0.717) is 0 Å². The highest BCUT2D eigenvalue weighted by Gasteiger charge is 2.55. The van der Waals surface area contributed by atoms with Crippen molar-refractivity contribution >= 4 is 11.6 Å². The monoisotopic (exact) mass is 282 g/mol. The first-order valence-corrected chi connectivity index (χ1v) is 8.08. The maximum atomic E-state index is 6.70. The van der Waals surface area contributed by atoms with Gasteiger partial charge in [0.05, 0.1) is 5.38 Å². The molecule has 1 heteroatoms. The number of halogens is 1. The Morgan fingerprint density at radius 3 is 2.05 bits per heavy atom. The first-order chi connectivity index (χ1) is 9.84. The standard InChI is InChI=1S/C19H19Cl/c20-19(18-16-7-4-8-17(16)18)15-11-9-14(10-12-15)13-5-2-1-3-6-13/h1-3,5-6,9-12,16-19H,4,7-8H2. The molecule has 0 nitrogen and oxygen atoms in total. The summed E-state index contributed by atoms with van der Waals surface area (Å²) in [5.74, 6) is 2.59. The van der Waals surface area contributed by atoms with E-state index >= 15 is 0 Å². The summed E-state index contributed by atoms with van der Waals surface area (Å²) in [4.78, 5) is 0. The van der Waals surface area contributed by atoms with Crippen LogP contribution in [0.2, 0.25) is 0 Å². The average Bonchev–Trinajstić information content (AvgIpc) is 2.99. The van der Waals surface area contributed by atoms with E-state index in [9.17, 15) is 0 Å². The van der Waals surface area contributed by atoms with Crippen molar-refractivity contribution < 1.29 is 0 Å². The summed E-state index contributed by atoms with van der Waals surface area (Å²) >= 11 is 6.70. The maximum absolute atomic E-state index is 6.70. The van der Waals surface area contributed by atoms with E-state index in [4.69, 9.17) is 11.6 Å². The summed E-state index contributed by atoms with van der Waals surface area (Å²) < 4.78 is 0. The number of hydrogen-bond donors (Lipinski definition) is 0. The van der Waals surface area contributed by atoms with Gasteiger partial charge in [-0.15, -0.1) is 11.6 Å². The fourth-order valence-corrected chi connectivity index (χ4v) is 4.54. The van der Waals surface area contributed by atoms with E-state index in [1.54, 1.807) is 0 Å². The van der Waals surface area contributed by atoms with Gasteiger partial charge in [-0.3, -0.25) is 0 Å². The van der Waals surface area contributed by atoms with Gasteiger partial charge in [-0.25, -0.2) is 0 Å². The molecule has 0 aromatic heterocycles. The molecule has 0 N–H and O–H groups in total. The van der Waals surface area contributed by atoms with Crippen LogP contribution in [0.15, 0.2) is 54.6 Å². The van der Waals surface area contributed by atoms with Gasteiger partial charge < -0.3 is 0 Å². The second-order valence-corrected chi connectivity index (χ2v) is 6.70. The molecule has 0 radical (unpaired) electrons. The van der Waals surface area contributed by atoms with Crippen LogP contribution in [0.1, 0.15) is 30.2 Å². The lowest BCUT2D eigenvalue weighted by Gasteiger charge is -2.12. The zero-order chi connectivity index (χ0) is 13.5. The number of alkyl halides is 1. The quantitative estimate of drug-likeness (QED) is 0.635. The van der Waals surface area contributed by atoms with E-state index in [2.05, 4.69) is 54.6 Å². The van der Waals surface area contributed by atoms with Crippen LogP contribution in [-0.4, -0.2) is 0 Å². The lowest BCUT2D eigenvalue weighted by atomic mass is 9.99. The third-order valence-corrected chi connectivity index (χ3v) is 5.69. The lowest BCUT2D eigenvalue weighted by Crippen LogP contribution is -1.98. The zero-order valence-corrected chi connectivity index (χ0v) is 12.3. The number of hydrogen-bond acceptors (Lipinski definition) is 0. The van der Waals surface area contributed by atoms with Crippen LogP contribution in [-0.2, 0) is 0 Å². The van der Waals surface area contributed by atoms with E-state index in [1.165, 1.54) is 36.0 Å². The molecule has 0 heterocycles. The topological polar surface area (TPSA) is 0 Å². The molecule has 0 aliphatic heterocycles. The van der Waals surface area contributed by atoms with E-state index in [1.807, 2.05) is 0 Å². The minimum absolute atomic E-state index is 0.218. The summed E-state index contributed by atoms with van der Waals surface area (Å²) in [6.45, 7) is 0. The van der Waals surface area contributed by atoms with Gasteiger partial charge in [0.1, 0.15) is 0 Å². The fourth-order valence-electron chi connectivity index (χ4n) is 4.02. The van der Waals surface area contributed by atoms with E-state index < -0.39 is 0 Å². The second-order valence-electron chi connectivity index (χ2n) is 6.23. The van der Waals surface area contributed by atoms with E-state index in [-0.39, 0.29) is 5.38 Å². The first-order valence-electron chi connectivity index (χ1n) is 7.64. The Morgan fingerprint density at radius 2 is 1.40 bits per heavy atom. The largest absolute Gasteiger partial charge is 0.117 e. The second kappa shape index (κ2) is 4.93. The van der Waals surface area contributed by atoms with Gasteiger partial charge in [-0.2, -0.15) is 0 Å². The molecule has 2 aliphatic carbocycles. The van der Waals surface area contributed by atoms with Crippen molar-refractivity contribution in [2.75, 3.05) is 0 Å². The van der Waals surface area contributed by atoms with Gasteiger partial charge in [-0.05, 0) is 47.3 Å². The Morgan fingerprint density at radius 1 is 0.800 bits per heavy atom. The van der Waals surface area contributed by atoms with Gasteiger partial charge in [0.2, 0.25) is 0 Å². The molecule has 4 rings (SSSR count). The van der Waals surface area contributed by atoms with Gasteiger partial charge in [-0.1, -0.05) is 61.0 Å². The number of benzene rings is 2. The minimum Gasteiger partial charge on any atom is -0.117 e. The SMILES string of the molecule is ClC(c1ccc(-c2ccccc2)cc1)C1C2CCCC21. The molecule has 3 atom stereocenters. The average molecular weight is 283 g/mol. The molecule has 2 aromatic carbocycles. The molecule has 0 spiro atoms. The van der Waals surface area contributed by atoms with Gasteiger partial charge in [0.15, 0.2) is 0 Å². The van der Waals surface area contributed by atoms with Crippen molar-refractivity contribution in [2.45, 2.75) is 24.6 Å². The lowest BCUT2D eigenvalue weighted by molar-refractivity contribution is 0.574. The molecule has 2 aliphatic rings.